The van der Waals surface area contributed by atoms with Crippen molar-refractivity contribution in [3.8, 4) is 0 Å². The maximum atomic E-state index is 6.22. The van der Waals surface area contributed by atoms with Crippen molar-refractivity contribution in [3.05, 3.63) is 35.9 Å². The normalized spacial score (nSPS) is 15.5. The zero-order valence-corrected chi connectivity index (χ0v) is 11.9. The summed E-state index contributed by atoms with van der Waals surface area (Å²) < 4.78 is 5.43. The minimum absolute atomic E-state index is 0.222. The Hall–Kier alpha value is -0.0962. The van der Waals surface area contributed by atoms with Gasteiger partial charge in [0.1, 0.15) is 10.5 Å². The minimum Gasteiger partial charge on any atom is -0.465 e. The molecule has 0 saturated heterocycles. The zero-order chi connectivity index (χ0) is 9.68. The number of hydrogen-bond acceptors (Lipinski definition) is 1. The summed E-state index contributed by atoms with van der Waals surface area (Å²) >= 11 is 6.22. The van der Waals surface area contributed by atoms with Gasteiger partial charge in [-0.25, -0.2) is 0 Å². The number of benzene rings is 1. The molecule has 0 radical (unpaired) electrons. The molecule has 2 unspecified atom stereocenters. The van der Waals surface area contributed by atoms with Gasteiger partial charge in [-0.05, 0) is 18.5 Å². The molecule has 1 aromatic rings. The number of alkyl halides is 1. The molecule has 0 aliphatic carbocycles. The number of halogens is 1. The van der Waals surface area contributed by atoms with E-state index < -0.39 is 9.04 Å². The molecule has 1 rings (SSSR count). The van der Waals surface area contributed by atoms with Crippen molar-refractivity contribution in [2.24, 2.45) is 0 Å². The molecule has 2 atom stereocenters. The molecule has 0 spiro atoms. The Morgan fingerprint density at radius 2 is 2.08 bits per heavy atom. The van der Waals surface area contributed by atoms with E-state index >= 15 is 0 Å². The first-order valence-corrected chi connectivity index (χ1v) is 7.99. The lowest BCUT2D eigenvalue weighted by Gasteiger charge is -2.14. The summed E-state index contributed by atoms with van der Waals surface area (Å²) in [6.07, 6.45) is 0.942. The van der Waals surface area contributed by atoms with Gasteiger partial charge in [0.2, 0.25) is 0 Å². The van der Waals surface area contributed by atoms with Crippen molar-refractivity contribution in [1.29, 1.82) is 0 Å². The Morgan fingerprint density at radius 3 is 2.62 bits per heavy atom. The van der Waals surface area contributed by atoms with Gasteiger partial charge >= 0.3 is 0 Å². The van der Waals surface area contributed by atoms with Gasteiger partial charge in [-0.3, -0.25) is 0 Å². The van der Waals surface area contributed by atoms with Crippen LogP contribution in [0.2, 0.25) is 6.55 Å². The van der Waals surface area contributed by atoms with Gasteiger partial charge in [0.05, 0.1) is 5.00 Å². The molecule has 0 saturated carbocycles. The molecule has 0 aromatic heterocycles. The van der Waals surface area contributed by atoms with Crippen LogP contribution in [-0.2, 0) is 10.5 Å². The predicted molar refractivity (Wildman–Crippen MR) is 63.8 cm³/mol. The van der Waals surface area contributed by atoms with Gasteiger partial charge in [-0.2, -0.15) is 0 Å². The van der Waals surface area contributed by atoms with Crippen LogP contribution in [0.4, 0.5) is 0 Å². The maximum Gasteiger partial charge on any atom is 0.177 e. The summed E-state index contributed by atoms with van der Waals surface area (Å²) in [4.78, 5) is 0. The second-order valence-corrected chi connectivity index (χ2v) is 8.23. The third-order valence-corrected chi connectivity index (χ3v) is 7.60. The minimum atomic E-state index is -1.12. The zero-order valence-electron chi connectivity index (χ0n) is 8.03. The van der Waals surface area contributed by atoms with E-state index in [0.717, 1.165) is 16.9 Å². The molecule has 0 amide bonds. The smallest absolute Gasteiger partial charge is 0.177 e. The molecular formula is C9H15ClOSi2. The average molecular weight is 231 g/mol. The Balaban J connectivity index is 2.50. The molecule has 1 aromatic carbocycles. The largest absolute Gasteiger partial charge is 0.465 e. The average Bonchev–Trinajstić information content (AvgIpc) is 2.18. The maximum absolute atomic E-state index is 6.22. The van der Waals surface area contributed by atoms with Gasteiger partial charge in [-0.15, -0.1) is 11.6 Å². The van der Waals surface area contributed by atoms with Gasteiger partial charge in [0, 0.05) is 0 Å². The molecule has 0 fully saturated rings. The Bertz CT molecular complexity index is 243. The summed E-state index contributed by atoms with van der Waals surface area (Å²) in [7, 11) is -0.303. The highest BCUT2D eigenvalue weighted by Gasteiger charge is 2.15. The van der Waals surface area contributed by atoms with Gasteiger partial charge < -0.3 is 4.12 Å². The second-order valence-electron chi connectivity index (χ2n) is 3.15. The lowest BCUT2D eigenvalue weighted by atomic mass is 10.2. The highest BCUT2D eigenvalue weighted by atomic mass is 35.5. The molecule has 0 aliphatic rings. The Labute approximate surface area is 89.3 Å². The Kier molecular flexibility index (Phi) is 4.73. The van der Waals surface area contributed by atoms with E-state index in [0.29, 0.717) is 0 Å². The molecular weight excluding hydrogens is 216 g/mol. The van der Waals surface area contributed by atoms with Crippen LogP contribution >= 0.6 is 11.6 Å². The third kappa shape index (κ3) is 3.64. The van der Waals surface area contributed by atoms with Crippen molar-refractivity contribution >= 4 is 31.1 Å². The van der Waals surface area contributed by atoms with Gasteiger partial charge in [0.25, 0.3) is 0 Å². The van der Waals surface area contributed by atoms with Gasteiger partial charge in [-0.1, -0.05) is 30.3 Å². The van der Waals surface area contributed by atoms with E-state index in [-0.39, 0.29) is 5.00 Å². The summed E-state index contributed by atoms with van der Waals surface area (Å²) in [5.41, 5.74) is 1.31. The van der Waals surface area contributed by atoms with Crippen LogP contribution in [0.3, 0.4) is 0 Å². The summed E-state index contributed by atoms with van der Waals surface area (Å²) in [5, 5.41) is 0.222. The molecule has 72 valence electrons. The number of rotatable bonds is 4. The summed E-state index contributed by atoms with van der Waals surface area (Å²) in [6.45, 7) is 2.16. The highest BCUT2D eigenvalue weighted by molar-refractivity contribution is 6.65. The fraction of sp³-hybridized carbons (Fsp3) is 0.333. The van der Waals surface area contributed by atoms with E-state index in [1.807, 2.05) is 18.2 Å². The summed E-state index contributed by atoms with van der Waals surface area (Å²) in [5.74, 6) is 0. The monoisotopic (exact) mass is 230 g/mol. The van der Waals surface area contributed by atoms with Crippen LogP contribution in [0.15, 0.2) is 30.3 Å². The predicted octanol–water partition coefficient (Wildman–Crippen LogP) is 1.03. The second kappa shape index (κ2) is 5.60. The molecule has 0 N–H and O–H groups in total. The fourth-order valence-electron chi connectivity index (χ4n) is 1.15. The van der Waals surface area contributed by atoms with E-state index in [1.54, 1.807) is 0 Å². The molecule has 0 aliphatic heterocycles. The molecule has 4 heteroatoms. The van der Waals surface area contributed by atoms with E-state index in [4.69, 9.17) is 15.7 Å². The van der Waals surface area contributed by atoms with Crippen LogP contribution in [0.25, 0.3) is 0 Å². The number of hydrogen-bond donors (Lipinski definition) is 0. The van der Waals surface area contributed by atoms with Crippen molar-refractivity contribution in [1.82, 2.24) is 0 Å². The Morgan fingerprint density at radius 1 is 1.46 bits per heavy atom. The first-order valence-electron chi connectivity index (χ1n) is 4.45. The quantitative estimate of drug-likeness (QED) is 0.555. The fourth-order valence-corrected chi connectivity index (χ4v) is 4.04. The lowest BCUT2D eigenvalue weighted by molar-refractivity contribution is 0.628. The first-order chi connectivity index (χ1) is 6.24. The van der Waals surface area contributed by atoms with Crippen molar-refractivity contribution in [3.63, 3.8) is 0 Å². The highest BCUT2D eigenvalue weighted by Crippen LogP contribution is 2.10. The molecule has 1 nitrogen and oxygen atoms in total. The first kappa shape index (κ1) is 11.0. The molecule has 0 bridgehead atoms. The van der Waals surface area contributed by atoms with Crippen molar-refractivity contribution < 1.29 is 4.12 Å². The summed E-state index contributed by atoms with van der Waals surface area (Å²) in [6, 6.07) is 10.4. The molecule has 0 heterocycles. The lowest BCUT2D eigenvalue weighted by Crippen LogP contribution is -2.27. The van der Waals surface area contributed by atoms with E-state index in [1.165, 1.54) is 5.56 Å². The van der Waals surface area contributed by atoms with Crippen LogP contribution in [-0.4, -0.2) is 24.5 Å². The van der Waals surface area contributed by atoms with Crippen LogP contribution in [0.1, 0.15) is 5.56 Å². The topological polar surface area (TPSA) is 9.23 Å². The van der Waals surface area contributed by atoms with E-state index in [9.17, 15) is 0 Å². The standard InChI is InChI=1S/C9H15ClOSi2/c1-13(11-12)9(10)7-8-5-3-2-4-6-8/h2-6,9,13H,7H2,1,12H3. The van der Waals surface area contributed by atoms with Crippen molar-refractivity contribution in [2.75, 3.05) is 0 Å². The van der Waals surface area contributed by atoms with Crippen LogP contribution in [0.5, 0.6) is 0 Å². The molecule has 13 heavy (non-hydrogen) atoms. The van der Waals surface area contributed by atoms with E-state index in [2.05, 4.69) is 18.7 Å². The van der Waals surface area contributed by atoms with Crippen molar-refractivity contribution in [2.45, 2.75) is 18.0 Å². The van der Waals surface area contributed by atoms with Crippen LogP contribution in [0, 0.1) is 0 Å². The third-order valence-electron chi connectivity index (χ3n) is 2.15. The van der Waals surface area contributed by atoms with Gasteiger partial charge in [0.15, 0.2) is 9.04 Å². The SMILES string of the molecule is C[SiH](O[SiH3])C(Cl)Cc1ccccc1. The van der Waals surface area contributed by atoms with Crippen LogP contribution < -0.4 is 0 Å².